The third kappa shape index (κ3) is 1.48. The zero-order valence-corrected chi connectivity index (χ0v) is 7.19. The van der Waals surface area contributed by atoms with Crippen LogP contribution in [0.2, 0.25) is 10.3 Å². The molecule has 0 bridgehead atoms. The summed E-state index contributed by atoms with van der Waals surface area (Å²) in [5, 5.41) is 8.55. The van der Waals surface area contributed by atoms with E-state index < -0.39 is 0 Å². The van der Waals surface area contributed by atoms with Crippen molar-refractivity contribution in [2.45, 2.75) is 0 Å². The average molecular weight is 198 g/mol. The van der Waals surface area contributed by atoms with Crippen LogP contribution in [0.15, 0.2) is 6.07 Å². The van der Waals surface area contributed by atoms with Crippen molar-refractivity contribution in [2.24, 2.45) is 0 Å². The van der Waals surface area contributed by atoms with Crippen LogP contribution in [0, 0.1) is 17.9 Å². The van der Waals surface area contributed by atoms with Crippen LogP contribution in [0.4, 0.5) is 5.69 Å². The smallest absolute Gasteiger partial charge is 0.225 e. The van der Waals surface area contributed by atoms with E-state index in [0.29, 0.717) is 0 Å². The van der Waals surface area contributed by atoms with Crippen molar-refractivity contribution in [1.82, 2.24) is 4.98 Å². The molecule has 0 unspecified atom stereocenters. The van der Waals surface area contributed by atoms with Crippen molar-refractivity contribution in [3.8, 4) is 6.07 Å². The van der Waals surface area contributed by atoms with Gasteiger partial charge in [-0.2, -0.15) is 5.26 Å². The molecule has 1 rings (SSSR count). The average Bonchev–Trinajstić information content (AvgIpc) is 2.05. The number of halogens is 2. The number of hydrogen-bond acceptors (Lipinski definition) is 2. The second-order valence-electron chi connectivity index (χ2n) is 1.86. The number of nitrogens with zero attached hydrogens (tertiary/aromatic N) is 3. The van der Waals surface area contributed by atoms with E-state index in [4.69, 9.17) is 35.0 Å². The van der Waals surface area contributed by atoms with Crippen LogP contribution in [0.3, 0.4) is 0 Å². The van der Waals surface area contributed by atoms with Gasteiger partial charge >= 0.3 is 0 Å². The van der Waals surface area contributed by atoms with Gasteiger partial charge in [-0.1, -0.05) is 23.2 Å². The molecule has 0 aromatic carbocycles. The highest BCUT2D eigenvalue weighted by molar-refractivity contribution is 6.34. The molecular formula is C7HCl2N3. The summed E-state index contributed by atoms with van der Waals surface area (Å²) >= 11 is 11.1. The normalized spacial score (nSPS) is 8.67. The first-order valence-electron chi connectivity index (χ1n) is 2.82. The summed E-state index contributed by atoms with van der Waals surface area (Å²) in [4.78, 5) is 6.68. The monoisotopic (exact) mass is 197 g/mol. The van der Waals surface area contributed by atoms with Crippen LogP contribution in [0.25, 0.3) is 4.85 Å². The summed E-state index contributed by atoms with van der Waals surface area (Å²) < 4.78 is 0. The summed E-state index contributed by atoms with van der Waals surface area (Å²) in [7, 11) is 0. The molecule has 0 aliphatic carbocycles. The first kappa shape index (κ1) is 8.80. The number of pyridine rings is 1. The van der Waals surface area contributed by atoms with Gasteiger partial charge in [-0.05, 0) is 6.07 Å². The fourth-order valence-corrected chi connectivity index (χ4v) is 1.02. The Balaban J connectivity index is 3.42. The van der Waals surface area contributed by atoms with Crippen LogP contribution in [-0.4, -0.2) is 4.98 Å². The van der Waals surface area contributed by atoms with Gasteiger partial charge in [0.25, 0.3) is 0 Å². The largest absolute Gasteiger partial charge is 0.235 e. The Labute approximate surface area is 79.0 Å². The number of rotatable bonds is 0. The van der Waals surface area contributed by atoms with Gasteiger partial charge in [-0.3, -0.25) is 0 Å². The molecule has 5 heteroatoms. The standard InChI is InChI=1S/C7HCl2N3/c1-11-5-2-4(3-10)6(8)12-7(5)9/h2H. The highest BCUT2D eigenvalue weighted by atomic mass is 35.5. The molecule has 0 saturated carbocycles. The lowest BCUT2D eigenvalue weighted by Crippen LogP contribution is -1.82. The van der Waals surface area contributed by atoms with E-state index in [1.807, 2.05) is 0 Å². The Hall–Kier alpha value is -1.29. The van der Waals surface area contributed by atoms with Crippen LogP contribution in [0.1, 0.15) is 5.56 Å². The SMILES string of the molecule is [C-]#[N+]c1cc(C#N)c(Cl)nc1Cl. The predicted octanol–water partition coefficient (Wildman–Crippen LogP) is 2.81. The zero-order chi connectivity index (χ0) is 9.14. The van der Waals surface area contributed by atoms with Crippen LogP contribution in [-0.2, 0) is 0 Å². The molecule has 1 aromatic heterocycles. The van der Waals surface area contributed by atoms with Crippen molar-refractivity contribution in [1.29, 1.82) is 5.26 Å². The van der Waals surface area contributed by atoms with E-state index in [1.165, 1.54) is 6.07 Å². The molecule has 0 fully saturated rings. The first-order valence-corrected chi connectivity index (χ1v) is 3.58. The molecule has 0 atom stereocenters. The lowest BCUT2D eigenvalue weighted by Gasteiger charge is -1.96. The molecule has 3 nitrogen and oxygen atoms in total. The van der Waals surface area contributed by atoms with Crippen molar-refractivity contribution in [2.75, 3.05) is 0 Å². The molecule has 0 radical (unpaired) electrons. The fraction of sp³-hybridized carbons (Fsp3) is 0. The number of aromatic nitrogens is 1. The highest BCUT2D eigenvalue weighted by Crippen LogP contribution is 2.27. The molecule has 1 aromatic rings. The lowest BCUT2D eigenvalue weighted by molar-refractivity contribution is 1.31. The van der Waals surface area contributed by atoms with Crippen molar-refractivity contribution in [3.05, 3.63) is 33.4 Å². The molecule has 0 saturated heterocycles. The Morgan fingerprint density at radius 2 is 2.17 bits per heavy atom. The van der Waals surface area contributed by atoms with E-state index >= 15 is 0 Å². The minimum atomic E-state index is 0.0222. The van der Waals surface area contributed by atoms with E-state index in [2.05, 4.69) is 9.83 Å². The third-order valence-electron chi connectivity index (χ3n) is 1.15. The van der Waals surface area contributed by atoms with Crippen molar-refractivity contribution >= 4 is 28.9 Å². The topological polar surface area (TPSA) is 41.0 Å². The van der Waals surface area contributed by atoms with Crippen LogP contribution in [0.5, 0.6) is 0 Å². The van der Waals surface area contributed by atoms with Gasteiger partial charge in [0.15, 0.2) is 0 Å². The second-order valence-corrected chi connectivity index (χ2v) is 2.58. The summed E-state index contributed by atoms with van der Waals surface area (Å²) in [6.45, 7) is 6.67. The first-order chi connectivity index (χ1) is 5.69. The third-order valence-corrected chi connectivity index (χ3v) is 1.72. The molecule has 12 heavy (non-hydrogen) atoms. The maximum absolute atomic E-state index is 8.51. The Bertz CT molecular complexity index is 365. The van der Waals surface area contributed by atoms with Gasteiger partial charge in [0.2, 0.25) is 5.69 Å². The maximum Gasteiger partial charge on any atom is 0.225 e. The van der Waals surface area contributed by atoms with Crippen molar-refractivity contribution < 1.29 is 0 Å². The van der Waals surface area contributed by atoms with E-state index in [0.717, 1.165) is 0 Å². The molecule has 0 aliphatic heterocycles. The fourth-order valence-electron chi connectivity index (χ4n) is 0.616. The Kier molecular flexibility index (Phi) is 2.50. The molecule has 1 heterocycles. The minimum Gasteiger partial charge on any atom is -0.235 e. The number of hydrogen-bond donors (Lipinski definition) is 0. The minimum absolute atomic E-state index is 0.0222. The molecule has 0 spiro atoms. The van der Waals surface area contributed by atoms with E-state index in [1.54, 1.807) is 6.07 Å². The molecular weight excluding hydrogens is 197 g/mol. The Morgan fingerprint density at radius 1 is 1.50 bits per heavy atom. The van der Waals surface area contributed by atoms with Gasteiger partial charge in [0.1, 0.15) is 16.4 Å². The van der Waals surface area contributed by atoms with Crippen molar-refractivity contribution in [3.63, 3.8) is 0 Å². The van der Waals surface area contributed by atoms with Gasteiger partial charge < -0.3 is 0 Å². The van der Waals surface area contributed by atoms with Gasteiger partial charge in [0, 0.05) is 0 Å². The van der Waals surface area contributed by atoms with Crippen LogP contribution < -0.4 is 0 Å². The summed E-state index contributed by atoms with van der Waals surface area (Å²) in [5.41, 5.74) is 0.296. The lowest BCUT2D eigenvalue weighted by atomic mass is 10.3. The molecule has 0 N–H and O–H groups in total. The quantitative estimate of drug-likeness (QED) is 0.475. The zero-order valence-electron chi connectivity index (χ0n) is 5.67. The van der Waals surface area contributed by atoms with E-state index in [-0.39, 0.29) is 21.6 Å². The molecule has 0 amide bonds. The van der Waals surface area contributed by atoms with Gasteiger partial charge in [-0.25, -0.2) is 9.83 Å². The van der Waals surface area contributed by atoms with E-state index in [9.17, 15) is 0 Å². The summed E-state index contributed by atoms with van der Waals surface area (Å²) in [6.07, 6.45) is 0. The molecule has 58 valence electrons. The predicted molar refractivity (Wildman–Crippen MR) is 45.2 cm³/mol. The van der Waals surface area contributed by atoms with Gasteiger partial charge in [-0.15, -0.1) is 0 Å². The summed E-state index contributed by atoms with van der Waals surface area (Å²) in [6, 6.07) is 3.11. The second kappa shape index (κ2) is 3.40. The molecule has 0 aliphatic rings. The summed E-state index contributed by atoms with van der Waals surface area (Å²) in [5.74, 6) is 0. The number of nitriles is 1. The maximum atomic E-state index is 8.51. The Morgan fingerprint density at radius 3 is 2.67 bits per heavy atom. The van der Waals surface area contributed by atoms with Gasteiger partial charge in [0.05, 0.1) is 12.1 Å². The van der Waals surface area contributed by atoms with Crippen LogP contribution >= 0.6 is 23.2 Å². The highest BCUT2D eigenvalue weighted by Gasteiger charge is 2.07.